The highest BCUT2D eigenvalue weighted by Gasteiger charge is 2.34. The van der Waals surface area contributed by atoms with Crippen molar-refractivity contribution in [1.82, 2.24) is 14.8 Å². The van der Waals surface area contributed by atoms with E-state index in [9.17, 15) is 9.59 Å². The van der Waals surface area contributed by atoms with E-state index in [-0.39, 0.29) is 23.9 Å². The number of hydrogen-bond acceptors (Lipinski definition) is 3. The predicted molar refractivity (Wildman–Crippen MR) is 112 cm³/mol. The lowest BCUT2D eigenvalue weighted by molar-refractivity contribution is -0.138. The van der Waals surface area contributed by atoms with Gasteiger partial charge in [-0.15, -0.1) is 0 Å². The van der Waals surface area contributed by atoms with E-state index < -0.39 is 0 Å². The maximum absolute atomic E-state index is 13.6. The maximum atomic E-state index is 13.6. The standard InChI is InChI=1S/C24H29N3O2/c1-18(28)26-16-12-19-7-4-5-8-21(19)23(26)17-24(29)27-15-6-2-3-9-22(27)20-10-13-25-14-11-20/h4-5,7-8,10-11,13-14,22-23H,2-3,6,9,12,15-17H2,1H3. The van der Waals surface area contributed by atoms with Gasteiger partial charge in [-0.3, -0.25) is 14.6 Å². The summed E-state index contributed by atoms with van der Waals surface area (Å²) in [5, 5.41) is 0. The van der Waals surface area contributed by atoms with Gasteiger partial charge in [-0.05, 0) is 48.1 Å². The summed E-state index contributed by atoms with van der Waals surface area (Å²) in [7, 11) is 0. The minimum Gasteiger partial charge on any atom is -0.336 e. The highest BCUT2D eigenvalue weighted by Crippen LogP contribution is 2.35. The van der Waals surface area contributed by atoms with Crippen LogP contribution in [0.3, 0.4) is 0 Å². The fourth-order valence-corrected chi connectivity index (χ4v) is 4.87. The Morgan fingerprint density at radius 3 is 2.59 bits per heavy atom. The van der Waals surface area contributed by atoms with Crippen molar-refractivity contribution in [2.75, 3.05) is 13.1 Å². The zero-order chi connectivity index (χ0) is 20.2. The molecule has 2 aliphatic heterocycles. The van der Waals surface area contributed by atoms with Gasteiger partial charge in [-0.25, -0.2) is 0 Å². The summed E-state index contributed by atoms with van der Waals surface area (Å²) < 4.78 is 0. The first kappa shape index (κ1) is 19.6. The van der Waals surface area contributed by atoms with Crippen molar-refractivity contribution in [3.63, 3.8) is 0 Å². The second-order valence-electron chi connectivity index (χ2n) is 8.11. The lowest BCUT2D eigenvalue weighted by atomic mass is 9.90. The molecule has 2 aromatic rings. The molecule has 1 saturated heterocycles. The molecule has 1 aromatic carbocycles. The molecule has 0 bridgehead atoms. The van der Waals surface area contributed by atoms with Crippen molar-refractivity contribution in [1.29, 1.82) is 0 Å². The molecule has 0 N–H and O–H groups in total. The van der Waals surface area contributed by atoms with Crippen LogP contribution in [0.2, 0.25) is 0 Å². The molecule has 152 valence electrons. The predicted octanol–water partition coefficient (Wildman–Crippen LogP) is 4.06. The number of benzene rings is 1. The van der Waals surface area contributed by atoms with Gasteiger partial charge in [-0.1, -0.05) is 37.1 Å². The van der Waals surface area contributed by atoms with Crippen LogP contribution >= 0.6 is 0 Å². The maximum Gasteiger partial charge on any atom is 0.225 e. The number of likely N-dealkylation sites (tertiary alicyclic amines) is 1. The molecule has 2 aliphatic rings. The van der Waals surface area contributed by atoms with E-state index in [1.54, 1.807) is 19.3 Å². The van der Waals surface area contributed by atoms with Crippen LogP contribution in [0.1, 0.15) is 67.8 Å². The number of aromatic nitrogens is 1. The molecule has 4 rings (SSSR count). The zero-order valence-corrected chi connectivity index (χ0v) is 17.1. The van der Waals surface area contributed by atoms with Gasteiger partial charge in [0.1, 0.15) is 0 Å². The Labute approximate surface area is 172 Å². The average molecular weight is 392 g/mol. The number of hydrogen-bond donors (Lipinski definition) is 0. The van der Waals surface area contributed by atoms with Crippen LogP contribution in [0.25, 0.3) is 0 Å². The number of carbonyl (C=O) groups excluding carboxylic acids is 2. The first-order valence-corrected chi connectivity index (χ1v) is 10.7. The minimum absolute atomic E-state index is 0.0406. The lowest BCUT2D eigenvalue weighted by Gasteiger charge is -2.38. The Hall–Kier alpha value is -2.69. The van der Waals surface area contributed by atoms with E-state index in [2.05, 4.69) is 22.0 Å². The molecule has 3 heterocycles. The van der Waals surface area contributed by atoms with Gasteiger partial charge in [0.25, 0.3) is 0 Å². The summed E-state index contributed by atoms with van der Waals surface area (Å²) in [5.41, 5.74) is 3.53. The second-order valence-corrected chi connectivity index (χ2v) is 8.11. The van der Waals surface area contributed by atoms with Crippen molar-refractivity contribution >= 4 is 11.8 Å². The summed E-state index contributed by atoms with van der Waals surface area (Å²) in [6.07, 6.45) is 9.09. The number of rotatable bonds is 3. The zero-order valence-electron chi connectivity index (χ0n) is 17.1. The largest absolute Gasteiger partial charge is 0.336 e. The Balaban J connectivity index is 1.61. The molecular formula is C24H29N3O2. The molecule has 1 fully saturated rings. The number of pyridine rings is 1. The molecule has 0 spiro atoms. The highest BCUT2D eigenvalue weighted by molar-refractivity contribution is 5.80. The Kier molecular flexibility index (Phi) is 5.93. The highest BCUT2D eigenvalue weighted by atomic mass is 16.2. The van der Waals surface area contributed by atoms with Crippen LogP contribution in [0, 0.1) is 0 Å². The van der Waals surface area contributed by atoms with Gasteiger partial charge in [-0.2, -0.15) is 0 Å². The van der Waals surface area contributed by atoms with Crippen LogP contribution in [-0.4, -0.2) is 39.7 Å². The van der Waals surface area contributed by atoms with Crippen LogP contribution in [0.15, 0.2) is 48.8 Å². The number of amides is 2. The van der Waals surface area contributed by atoms with Gasteiger partial charge in [0.05, 0.1) is 18.5 Å². The van der Waals surface area contributed by atoms with E-state index in [1.807, 2.05) is 29.2 Å². The summed E-state index contributed by atoms with van der Waals surface area (Å²) in [5.74, 6) is 0.181. The minimum atomic E-state index is -0.175. The van der Waals surface area contributed by atoms with Crippen LogP contribution in [0.5, 0.6) is 0 Å². The molecule has 2 amide bonds. The van der Waals surface area contributed by atoms with Gasteiger partial charge < -0.3 is 9.80 Å². The fourth-order valence-electron chi connectivity index (χ4n) is 4.87. The molecule has 5 heteroatoms. The summed E-state index contributed by atoms with van der Waals surface area (Å²) >= 11 is 0. The van der Waals surface area contributed by atoms with Crippen molar-refractivity contribution in [2.24, 2.45) is 0 Å². The fraction of sp³-hybridized carbons (Fsp3) is 0.458. The smallest absolute Gasteiger partial charge is 0.225 e. The first-order valence-electron chi connectivity index (χ1n) is 10.7. The average Bonchev–Trinajstić information content (AvgIpc) is 3.00. The summed E-state index contributed by atoms with van der Waals surface area (Å²) in [4.78, 5) is 33.9. The third-order valence-electron chi connectivity index (χ3n) is 6.35. The Morgan fingerprint density at radius 1 is 1.00 bits per heavy atom. The van der Waals surface area contributed by atoms with Crippen molar-refractivity contribution in [2.45, 2.75) is 57.5 Å². The van der Waals surface area contributed by atoms with Crippen molar-refractivity contribution in [3.05, 3.63) is 65.5 Å². The van der Waals surface area contributed by atoms with E-state index in [4.69, 9.17) is 0 Å². The van der Waals surface area contributed by atoms with Gasteiger partial charge >= 0.3 is 0 Å². The number of fused-ring (bicyclic) bond motifs is 1. The molecule has 5 nitrogen and oxygen atoms in total. The summed E-state index contributed by atoms with van der Waals surface area (Å²) in [6, 6.07) is 12.2. The molecule has 29 heavy (non-hydrogen) atoms. The van der Waals surface area contributed by atoms with E-state index in [0.717, 1.165) is 49.8 Å². The van der Waals surface area contributed by atoms with E-state index >= 15 is 0 Å². The monoisotopic (exact) mass is 391 g/mol. The molecule has 1 aromatic heterocycles. The molecule has 0 saturated carbocycles. The molecular weight excluding hydrogens is 362 g/mol. The Morgan fingerprint density at radius 2 is 1.79 bits per heavy atom. The Bertz CT molecular complexity index is 867. The SMILES string of the molecule is CC(=O)N1CCc2ccccc2C1CC(=O)N1CCCCCC1c1ccncc1. The normalized spacial score (nSPS) is 22.0. The van der Waals surface area contributed by atoms with Crippen LogP contribution in [-0.2, 0) is 16.0 Å². The quantitative estimate of drug-likeness (QED) is 0.793. The molecule has 0 aliphatic carbocycles. The number of carbonyl (C=O) groups is 2. The lowest BCUT2D eigenvalue weighted by Crippen LogP contribution is -2.43. The van der Waals surface area contributed by atoms with E-state index in [0.29, 0.717) is 13.0 Å². The van der Waals surface area contributed by atoms with Crippen molar-refractivity contribution < 1.29 is 9.59 Å². The van der Waals surface area contributed by atoms with Crippen molar-refractivity contribution in [3.8, 4) is 0 Å². The van der Waals surface area contributed by atoms with E-state index in [1.165, 1.54) is 5.56 Å². The summed E-state index contributed by atoms with van der Waals surface area (Å²) in [6.45, 7) is 3.06. The number of nitrogens with zero attached hydrogens (tertiary/aromatic N) is 3. The van der Waals surface area contributed by atoms with Gasteiger partial charge in [0.15, 0.2) is 0 Å². The second kappa shape index (κ2) is 8.76. The van der Waals surface area contributed by atoms with Gasteiger partial charge in [0, 0.05) is 32.4 Å². The van der Waals surface area contributed by atoms with Crippen LogP contribution in [0.4, 0.5) is 0 Å². The molecule has 2 unspecified atom stereocenters. The topological polar surface area (TPSA) is 53.5 Å². The van der Waals surface area contributed by atoms with Crippen LogP contribution < -0.4 is 0 Å². The molecule has 2 atom stereocenters. The first-order chi connectivity index (χ1) is 14.1. The third kappa shape index (κ3) is 4.19. The third-order valence-corrected chi connectivity index (χ3v) is 6.35. The van der Waals surface area contributed by atoms with Gasteiger partial charge in [0.2, 0.25) is 11.8 Å². The molecule has 0 radical (unpaired) electrons.